The number of benzene rings is 2. The van der Waals surface area contributed by atoms with Gasteiger partial charge in [0, 0.05) is 18.7 Å². The van der Waals surface area contributed by atoms with Crippen LogP contribution in [-0.2, 0) is 6.54 Å². The van der Waals surface area contributed by atoms with Crippen LogP contribution in [0.1, 0.15) is 31.4 Å². The van der Waals surface area contributed by atoms with Gasteiger partial charge in [-0.3, -0.25) is 4.90 Å². The van der Waals surface area contributed by atoms with Crippen LogP contribution in [0.5, 0.6) is 5.75 Å². The monoisotopic (exact) mass is 359 g/mol. The topological polar surface area (TPSA) is 32.7 Å². The summed E-state index contributed by atoms with van der Waals surface area (Å²) in [6.45, 7) is 8.29. The van der Waals surface area contributed by atoms with Crippen molar-refractivity contribution in [1.82, 2.24) is 4.90 Å². The summed E-state index contributed by atoms with van der Waals surface area (Å²) in [5.41, 5.74) is 1.70. The molecular weight excluding hydrogens is 329 g/mol. The Morgan fingerprint density at radius 3 is 2.46 bits per heavy atom. The lowest BCUT2D eigenvalue weighted by atomic mass is 10.1. The van der Waals surface area contributed by atoms with Gasteiger partial charge in [-0.05, 0) is 43.5 Å². The molecule has 0 unspecified atom stereocenters. The molecule has 0 aliphatic heterocycles. The van der Waals surface area contributed by atoms with E-state index in [0.717, 1.165) is 24.3 Å². The van der Waals surface area contributed by atoms with Gasteiger partial charge in [-0.25, -0.2) is 4.39 Å². The van der Waals surface area contributed by atoms with Crippen molar-refractivity contribution in [3.05, 3.63) is 65.5 Å². The van der Waals surface area contributed by atoms with Gasteiger partial charge >= 0.3 is 0 Å². The predicted octanol–water partition coefficient (Wildman–Crippen LogP) is 4.42. The van der Waals surface area contributed by atoms with Gasteiger partial charge < -0.3 is 9.84 Å². The number of rotatable bonds is 10. The summed E-state index contributed by atoms with van der Waals surface area (Å²) in [6.07, 6.45) is 0.369. The second-order valence-electron chi connectivity index (χ2n) is 7.24. The minimum atomic E-state index is -0.631. The molecule has 0 heterocycles. The van der Waals surface area contributed by atoms with Crippen molar-refractivity contribution >= 4 is 0 Å². The fourth-order valence-corrected chi connectivity index (χ4v) is 2.80. The van der Waals surface area contributed by atoms with E-state index < -0.39 is 6.10 Å². The molecule has 0 saturated carbocycles. The molecule has 0 amide bonds. The maximum Gasteiger partial charge on any atom is 0.127 e. The van der Waals surface area contributed by atoms with Crippen molar-refractivity contribution in [2.45, 2.75) is 39.8 Å². The predicted molar refractivity (Wildman–Crippen MR) is 104 cm³/mol. The van der Waals surface area contributed by atoms with Crippen molar-refractivity contribution < 1.29 is 14.2 Å². The van der Waals surface area contributed by atoms with E-state index >= 15 is 0 Å². The van der Waals surface area contributed by atoms with Crippen LogP contribution in [0.4, 0.5) is 4.39 Å². The van der Waals surface area contributed by atoms with Crippen molar-refractivity contribution in [2.24, 2.45) is 5.92 Å². The first-order valence-electron chi connectivity index (χ1n) is 9.28. The highest BCUT2D eigenvalue weighted by molar-refractivity contribution is 5.31. The summed E-state index contributed by atoms with van der Waals surface area (Å²) < 4.78 is 19.7. The van der Waals surface area contributed by atoms with Gasteiger partial charge in [0.2, 0.25) is 0 Å². The highest BCUT2D eigenvalue weighted by Crippen LogP contribution is 2.17. The first kappa shape index (κ1) is 20.4. The molecule has 142 valence electrons. The quantitative estimate of drug-likeness (QED) is 0.681. The molecule has 26 heavy (non-hydrogen) atoms. The number of halogens is 1. The minimum absolute atomic E-state index is 0.201. The van der Waals surface area contributed by atoms with E-state index in [1.165, 1.54) is 6.07 Å². The number of hydrogen-bond donors (Lipinski definition) is 1. The van der Waals surface area contributed by atoms with Crippen molar-refractivity contribution in [3.63, 3.8) is 0 Å². The molecule has 3 nitrogen and oxygen atoms in total. The number of hydrogen-bond acceptors (Lipinski definition) is 3. The van der Waals surface area contributed by atoms with E-state index in [-0.39, 0.29) is 12.4 Å². The Balaban J connectivity index is 1.94. The third kappa shape index (κ3) is 6.77. The van der Waals surface area contributed by atoms with Gasteiger partial charge in [-0.2, -0.15) is 0 Å². The van der Waals surface area contributed by atoms with E-state index in [2.05, 4.69) is 18.7 Å². The average Bonchev–Trinajstić information content (AvgIpc) is 2.61. The molecule has 0 fully saturated rings. The minimum Gasteiger partial charge on any atom is -0.491 e. The normalized spacial score (nSPS) is 12.6. The van der Waals surface area contributed by atoms with E-state index in [4.69, 9.17) is 4.74 Å². The van der Waals surface area contributed by atoms with Crippen LogP contribution in [0.25, 0.3) is 0 Å². The maximum absolute atomic E-state index is 14.0. The molecule has 2 rings (SSSR count). The molecule has 1 atom stereocenters. The van der Waals surface area contributed by atoms with E-state index in [0.29, 0.717) is 24.6 Å². The van der Waals surface area contributed by atoms with Crippen molar-refractivity contribution in [3.8, 4) is 5.75 Å². The van der Waals surface area contributed by atoms with Crippen molar-refractivity contribution in [2.75, 3.05) is 19.7 Å². The molecule has 0 bridgehead atoms. The SMILES string of the molecule is Cc1ccccc1OC[C@H](O)CN(CCC(C)C)Cc1ccccc1F. The zero-order valence-electron chi connectivity index (χ0n) is 16.0. The molecule has 0 spiro atoms. The molecule has 0 radical (unpaired) electrons. The molecule has 2 aromatic carbocycles. The second kappa shape index (κ2) is 10.3. The summed E-state index contributed by atoms with van der Waals surface area (Å²) in [7, 11) is 0. The lowest BCUT2D eigenvalue weighted by Gasteiger charge is -2.26. The molecule has 0 aliphatic rings. The van der Waals surface area contributed by atoms with Crippen LogP contribution < -0.4 is 4.74 Å². The number of aryl methyl sites for hydroxylation is 1. The number of para-hydroxylation sites is 1. The van der Waals surface area contributed by atoms with Gasteiger partial charge in [0.15, 0.2) is 0 Å². The third-order valence-corrected chi connectivity index (χ3v) is 4.37. The van der Waals surface area contributed by atoms with Crippen molar-refractivity contribution in [1.29, 1.82) is 0 Å². The zero-order valence-corrected chi connectivity index (χ0v) is 16.0. The Labute approximate surface area is 156 Å². The Bertz CT molecular complexity index is 675. The summed E-state index contributed by atoms with van der Waals surface area (Å²) in [5, 5.41) is 10.4. The second-order valence-corrected chi connectivity index (χ2v) is 7.24. The molecule has 2 aromatic rings. The Kier molecular flexibility index (Phi) is 8.07. The largest absolute Gasteiger partial charge is 0.491 e. The van der Waals surface area contributed by atoms with Crippen LogP contribution in [-0.4, -0.2) is 35.8 Å². The lowest BCUT2D eigenvalue weighted by Crippen LogP contribution is -2.36. The maximum atomic E-state index is 14.0. The Morgan fingerprint density at radius 2 is 1.77 bits per heavy atom. The summed E-state index contributed by atoms with van der Waals surface area (Å²) in [4.78, 5) is 2.10. The fraction of sp³-hybridized carbons (Fsp3) is 0.455. The summed E-state index contributed by atoms with van der Waals surface area (Å²) in [5.74, 6) is 1.14. The van der Waals surface area contributed by atoms with Crippen LogP contribution >= 0.6 is 0 Å². The number of aliphatic hydroxyl groups is 1. The molecule has 0 aromatic heterocycles. The van der Waals surface area contributed by atoms with Crippen LogP contribution in [0.3, 0.4) is 0 Å². The molecule has 0 saturated heterocycles. The Hall–Kier alpha value is -1.91. The van der Waals surface area contributed by atoms with Gasteiger partial charge in [-0.15, -0.1) is 0 Å². The van der Waals surface area contributed by atoms with E-state index in [9.17, 15) is 9.50 Å². The Morgan fingerprint density at radius 1 is 1.08 bits per heavy atom. The zero-order chi connectivity index (χ0) is 18.9. The number of nitrogens with zero attached hydrogens (tertiary/aromatic N) is 1. The van der Waals surface area contributed by atoms with Gasteiger partial charge in [-0.1, -0.05) is 50.2 Å². The van der Waals surface area contributed by atoms with E-state index in [1.807, 2.05) is 37.3 Å². The average molecular weight is 359 g/mol. The fourth-order valence-electron chi connectivity index (χ4n) is 2.80. The van der Waals surface area contributed by atoms with Gasteiger partial charge in [0.1, 0.15) is 24.3 Å². The molecular formula is C22H30FNO2. The molecule has 0 aliphatic carbocycles. The van der Waals surface area contributed by atoms with Gasteiger partial charge in [0.25, 0.3) is 0 Å². The summed E-state index contributed by atoms with van der Waals surface area (Å²) in [6, 6.07) is 14.6. The first-order chi connectivity index (χ1) is 12.5. The van der Waals surface area contributed by atoms with Crippen LogP contribution in [0.2, 0.25) is 0 Å². The summed E-state index contributed by atoms with van der Waals surface area (Å²) >= 11 is 0. The number of aliphatic hydroxyl groups excluding tert-OH is 1. The van der Waals surface area contributed by atoms with Crippen LogP contribution in [0.15, 0.2) is 48.5 Å². The number of ether oxygens (including phenoxy) is 1. The van der Waals surface area contributed by atoms with Crippen LogP contribution in [0, 0.1) is 18.7 Å². The standard InChI is InChI=1S/C22H30FNO2/c1-17(2)12-13-24(14-19-9-5-6-10-21(19)23)15-20(25)16-26-22-11-7-4-8-18(22)3/h4-11,17,20,25H,12-16H2,1-3H3/t20-/m1/s1. The molecule has 4 heteroatoms. The lowest BCUT2D eigenvalue weighted by molar-refractivity contribution is 0.0633. The third-order valence-electron chi connectivity index (χ3n) is 4.37. The first-order valence-corrected chi connectivity index (χ1v) is 9.28. The highest BCUT2D eigenvalue weighted by Gasteiger charge is 2.15. The smallest absolute Gasteiger partial charge is 0.127 e. The molecule has 1 N–H and O–H groups in total. The van der Waals surface area contributed by atoms with Gasteiger partial charge in [0.05, 0.1) is 0 Å². The highest BCUT2D eigenvalue weighted by atomic mass is 19.1. The van der Waals surface area contributed by atoms with E-state index in [1.54, 1.807) is 12.1 Å².